The highest BCUT2D eigenvalue weighted by atomic mass is 16.5. The Balaban J connectivity index is 3.44. The zero-order chi connectivity index (χ0) is 49.3. The lowest BCUT2D eigenvalue weighted by atomic mass is 10.0. The first kappa shape index (κ1) is 66.1. The molecule has 0 rings (SSSR count). The van der Waals surface area contributed by atoms with Crippen molar-refractivity contribution in [2.75, 3.05) is 13.2 Å². The maximum absolute atomic E-state index is 12.4. The smallest absolute Gasteiger partial charge is 0.305 e. The number of carbonyl (C=O) groups is 2. The van der Waals surface area contributed by atoms with E-state index in [9.17, 15) is 19.8 Å². The van der Waals surface area contributed by atoms with E-state index in [0.29, 0.717) is 19.4 Å². The molecule has 2 unspecified atom stereocenters. The van der Waals surface area contributed by atoms with Gasteiger partial charge in [0.25, 0.3) is 0 Å². The van der Waals surface area contributed by atoms with Crippen LogP contribution in [-0.4, -0.2) is 47.4 Å². The second kappa shape index (κ2) is 57.7. The molecule has 0 saturated carbocycles. The first-order valence-electron chi connectivity index (χ1n) is 30.3. The SMILES string of the molecule is CCCCCCCC/C=C\CCCCCCCC(=O)OCCCCCCCCCCCCC/C=C\CCCCCCCCCC(=O)NC(CO)C(O)/C=C/CCCCCCCCCCCCCC. The maximum Gasteiger partial charge on any atom is 0.305 e. The van der Waals surface area contributed by atoms with Crippen LogP contribution in [0.25, 0.3) is 0 Å². The molecule has 6 heteroatoms. The fraction of sp³-hybridized carbons (Fsp3) is 0.871. The molecule has 400 valence electrons. The van der Waals surface area contributed by atoms with Gasteiger partial charge in [-0.1, -0.05) is 262 Å². The first-order valence-corrected chi connectivity index (χ1v) is 30.3. The van der Waals surface area contributed by atoms with Gasteiger partial charge in [0.05, 0.1) is 25.4 Å². The molecule has 0 aliphatic heterocycles. The van der Waals surface area contributed by atoms with E-state index in [4.69, 9.17) is 4.74 Å². The van der Waals surface area contributed by atoms with Crippen LogP contribution >= 0.6 is 0 Å². The van der Waals surface area contributed by atoms with Crippen molar-refractivity contribution in [1.29, 1.82) is 0 Å². The van der Waals surface area contributed by atoms with Gasteiger partial charge in [-0.3, -0.25) is 9.59 Å². The van der Waals surface area contributed by atoms with Gasteiger partial charge in [0.2, 0.25) is 5.91 Å². The van der Waals surface area contributed by atoms with Crippen LogP contribution in [0.5, 0.6) is 0 Å². The summed E-state index contributed by atoms with van der Waals surface area (Å²) in [6.45, 7) is 4.90. The fourth-order valence-corrected chi connectivity index (χ4v) is 9.21. The molecule has 0 aliphatic rings. The summed E-state index contributed by atoms with van der Waals surface area (Å²) < 4.78 is 5.48. The van der Waals surface area contributed by atoms with Crippen molar-refractivity contribution in [3.05, 3.63) is 36.5 Å². The molecule has 6 nitrogen and oxygen atoms in total. The molecule has 0 spiro atoms. The number of aliphatic hydroxyl groups is 2. The molecule has 0 saturated heterocycles. The number of hydrogen-bond acceptors (Lipinski definition) is 5. The summed E-state index contributed by atoms with van der Waals surface area (Å²) in [5, 5.41) is 23.1. The topological polar surface area (TPSA) is 95.9 Å². The summed E-state index contributed by atoms with van der Waals surface area (Å²) in [6.07, 6.45) is 71.7. The van der Waals surface area contributed by atoms with E-state index in [0.717, 1.165) is 51.4 Å². The van der Waals surface area contributed by atoms with E-state index >= 15 is 0 Å². The number of rotatable bonds is 56. The second-order valence-corrected chi connectivity index (χ2v) is 20.7. The summed E-state index contributed by atoms with van der Waals surface area (Å²) in [6, 6.07) is -0.633. The third-order valence-corrected chi connectivity index (χ3v) is 13.9. The summed E-state index contributed by atoms with van der Waals surface area (Å²) >= 11 is 0. The molecule has 1 amide bonds. The van der Waals surface area contributed by atoms with E-state index in [2.05, 4.69) is 43.5 Å². The molecule has 0 aromatic carbocycles. The molecular formula is C62H117NO5. The van der Waals surface area contributed by atoms with Crippen LogP contribution in [0.2, 0.25) is 0 Å². The van der Waals surface area contributed by atoms with Gasteiger partial charge in [-0.15, -0.1) is 0 Å². The minimum Gasteiger partial charge on any atom is -0.466 e. The third kappa shape index (κ3) is 53.4. The average molecular weight is 957 g/mol. The Labute approximate surface area is 424 Å². The standard InChI is InChI=1S/C62H117NO5/c1-3-5-7-9-11-13-15-17-27-32-36-40-44-48-52-56-62(67)68-57-53-49-45-41-37-33-29-26-24-22-20-19-21-23-25-28-31-35-39-43-47-51-55-61(66)63-59(58-64)60(65)54-50-46-42-38-34-30-18-16-14-12-10-8-6-4-2/h17,21,23,27,50,54,59-60,64-65H,3-16,18-20,22,24-26,28-49,51-53,55-58H2,1-2H3,(H,63,66)/b23-21-,27-17-,54-50+. The van der Waals surface area contributed by atoms with Crippen LogP contribution in [0.4, 0.5) is 0 Å². The van der Waals surface area contributed by atoms with Crippen molar-refractivity contribution >= 4 is 11.9 Å². The monoisotopic (exact) mass is 956 g/mol. The number of ether oxygens (including phenoxy) is 1. The van der Waals surface area contributed by atoms with Gasteiger partial charge in [0.1, 0.15) is 0 Å². The molecule has 0 heterocycles. The van der Waals surface area contributed by atoms with Gasteiger partial charge in [0.15, 0.2) is 0 Å². The second-order valence-electron chi connectivity index (χ2n) is 20.7. The number of aliphatic hydroxyl groups excluding tert-OH is 2. The Hall–Kier alpha value is -1.92. The van der Waals surface area contributed by atoms with Crippen LogP contribution in [0.3, 0.4) is 0 Å². The molecule has 0 fully saturated rings. The van der Waals surface area contributed by atoms with Gasteiger partial charge in [0, 0.05) is 12.8 Å². The van der Waals surface area contributed by atoms with Gasteiger partial charge in [-0.2, -0.15) is 0 Å². The van der Waals surface area contributed by atoms with Crippen molar-refractivity contribution in [3.63, 3.8) is 0 Å². The minimum absolute atomic E-state index is 0.00132. The van der Waals surface area contributed by atoms with Gasteiger partial charge in [-0.05, 0) is 83.5 Å². The van der Waals surface area contributed by atoms with Crippen LogP contribution in [0.1, 0.15) is 322 Å². The molecule has 2 atom stereocenters. The zero-order valence-corrected chi connectivity index (χ0v) is 45.6. The van der Waals surface area contributed by atoms with Crippen molar-refractivity contribution in [2.24, 2.45) is 0 Å². The number of carbonyl (C=O) groups excluding carboxylic acids is 2. The highest BCUT2D eigenvalue weighted by Crippen LogP contribution is 2.16. The third-order valence-electron chi connectivity index (χ3n) is 13.9. The van der Waals surface area contributed by atoms with E-state index in [1.54, 1.807) is 6.08 Å². The lowest BCUT2D eigenvalue weighted by molar-refractivity contribution is -0.143. The quantitative estimate of drug-likeness (QED) is 0.0321. The van der Waals surface area contributed by atoms with Crippen molar-refractivity contribution in [2.45, 2.75) is 334 Å². The van der Waals surface area contributed by atoms with E-state index in [1.165, 1.54) is 244 Å². The molecule has 0 bridgehead atoms. The number of nitrogens with one attached hydrogen (secondary N) is 1. The lowest BCUT2D eigenvalue weighted by Crippen LogP contribution is -2.45. The fourth-order valence-electron chi connectivity index (χ4n) is 9.21. The van der Waals surface area contributed by atoms with Crippen LogP contribution in [0.15, 0.2) is 36.5 Å². The Bertz CT molecular complexity index is 1100. The number of allylic oxidation sites excluding steroid dienone is 5. The largest absolute Gasteiger partial charge is 0.466 e. The van der Waals surface area contributed by atoms with Gasteiger partial charge < -0.3 is 20.3 Å². The van der Waals surface area contributed by atoms with Crippen molar-refractivity contribution in [1.82, 2.24) is 5.32 Å². The van der Waals surface area contributed by atoms with Gasteiger partial charge in [-0.25, -0.2) is 0 Å². The number of unbranched alkanes of at least 4 members (excludes halogenated alkanes) is 41. The molecule has 0 aliphatic carbocycles. The molecule has 0 aromatic heterocycles. The highest BCUT2D eigenvalue weighted by Gasteiger charge is 2.18. The molecule has 0 radical (unpaired) electrons. The summed E-state index contributed by atoms with van der Waals surface area (Å²) in [4.78, 5) is 24.5. The number of hydrogen-bond donors (Lipinski definition) is 3. The van der Waals surface area contributed by atoms with Gasteiger partial charge >= 0.3 is 5.97 Å². The highest BCUT2D eigenvalue weighted by molar-refractivity contribution is 5.76. The maximum atomic E-state index is 12.4. The number of esters is 1. The normalized spacial score (nSPS) is 12.8. The lowest BCUT2D eigenvalue weighted by Gasteiger charge is -2.20. The molecule has 68 heavy (non-hydrogen) atoms. The molecule has 3 N–H and O–H groups in total. The van der Waals surface area contributed by atoms with E-state index in [1.807, 2.05) is 6.08 Å². The van der Waals surface area contributed by atoms with Crippen LogP contribution in [-0.2, 0) is 14.3 Å². The predicted molar refractivity (Wildman–Crippen MR) is 296 cm³/mol. The Kier molecular flexibility index (Phi) is 56.0. The summed E-state index contributed by atoms with van der Waals surface area (Å²) in [5.41, 5.74) is 0. The summed E-state index contributed by atoms with van der Waals surface area (Å²) in [5.74, 6) is -0.0733. The Morgan fingerprint density at radius 1 is 0.397 bits per heavy atom. The average Bonchev–Trinajstić information content (AvgIpc) is 3.34. The van der Waals surface area contributed by atoms with E-state index in [-0.39, 0.29) is 18.5 Å². The predicted octanol–water partition coefficient (Wildman–Crippen LogP) is 18.8. The Morgan fingerprint density at radius 3 is 1.04 bits per heavy atom. The van der Waals surface area contributed by atoms with Crippen LogP contribution < -0.4 is 5.32 Å². The van der Waals surface area contributed by atoms with Crippen molar-refractivity contribution in [3.8, 4) is 0 Å². The van der Waals surface area contributed by atoms with Crippen molar-refractivity contribution < 1.29 is 24.5 Å². The number of amides is 1. The minimum atomic E-state index is -0.848. The van der Waals surface area contributed by atoms with Crippen LogP contribution in [0, 0.1) is 0 Å². The van der Waals surface area contributed by atoms with E-state index < -0.39 is 12.1 Å². The molecular weight excluding hydrogens is 839 g/mol. The Morgan fingerprint density at radius 2 is 0.691 bits per heavy atom. The molecule has 0 aromatic rings. The summed E-state index contributed by atoms with van der Waals surface area (Å²) in [7, 11) is 0. The zero-order valence-electron chi connectivity index (χ0n) is 45.6. The first-order chi connectivity index (χ1) is 33.5.